The molecule has 0 atom stereocenters. The maximum atomic E-state index is 12.2. The standard InChI is InChI=1S/C20H28N4O5S/c1-30(28,29)23-11-8-15(9-12-23)13-21-18(25)14-22-20(27)16-4-6-17(7-5-16)24-10-2-3-19(24)26/h4-7,15H,2-3,8-14H2,1H3,(H,21,25)(H,22,27). The van der Waals surface area contributed by atoms with Gasteiger partial charge in [-0.3, -0.25) is 14.4 Å². The van der Waals surface area contributed by atoms with Crippen molar-refractivity contribution >= 4 is 33.4 Å². The monoisotopic (exact) mass is 436 g/mol. The third-order valence-corrected chi connectivity index (χ3v) is 6.86. The quantitative estimate of drug-likeness (QED) is 0.639. The van der Waals surface area contributed by atoms with Crippen molar-refractivity contribution in [3.63, 3.8) is 0 Å². The Morgan fingerprint density at radius 1 is 1.07 bits per heavy atom. The molecule has 0 aromatic heterocycles. The Balaban J connectivity index is 1.38. The first-order valence-corrected chi connectivity index (χ1v) is 12.0. The molecule has 10 heteroatoms. The summed E-state index contributed by atoms with van der Waals surface area (Å²) in [7, 11) is -3.16. The fourth-order valence-corrected chi connectivity index (χ4v) is 4.62. The first-order valence-electron chi connectivity index (χ1n) is 10.1. The molecular formula is C20H28N4O5S. The Morgan fingerprint density at radius 2 is 1.73 bits per heavy atom. The zero-order chi connectivity index (χ0) is 21.7. The van der Waals surface area contributed by atoms with Crippen LogP contribution in [-0.2, 0) is 19.6 Å². The number of hydrogen-bond donors (Lipinski definition) is 2. The SMILES string of the molecule is CS(=O)(=O)N1CCC(CNC(=O)CNC(=O)c2ccc(N3CCCC3=O)cc2)CC1. The molecule has 1 aromatic carbocycles. The minimum atomic E-state index is -3.16. The number of piperidine rings is 1. The lowest BCUT2D eigenvalue weighted by atomic mass is 9.98. The minimum Gasteiger partial charge on any atom is -0.354 e. The maximum Gasteiger partial charge on any atom is 0.251 e. The van der Waals surface area contributed by atoms with Gasteiger partial charge in [-0.25, -0.2) is 12.7 Å². The topological polar surface area (TPSA) is 116 Å². The highest BCUT2D eigenvalue weighted by Crippen LogP contribution is 2.21. The molecule has 0 aliphatic carbocycles. The second-order valence-electron chi connectivity index (χ2n) is 7.79. The summed E-state index contributed by atoms with van der Waals surface area (Å²) in [6.07, 6.45) is 4.00. The summed E-state index contributed by atoms with van der Waals surface area (Å²) >= 11 is 0. The van der Waals surface area contributed by atoms with Gasteiger partial charge < -0.3 is 15.5 Å². The predicted octanol–water partition coefficient (Wildman–Crippen LogP) is 0.331. The van der Waals surface area contributed by atoms with Crippen LogP contribution in [0.1, 0.15) is 36.0 Å². The molecular weight excluding hydrogens is 408 g/mol. The van der Waals surface area contributed by atoms with Gasteiger partial charge in [-0.05, 0) is 49.4 Å². The Morgan fingerprint density at radius 3 is 2.30 bits per heavy atom. The first kappa shape index (κ1) is 22.2. The van der Waals surface area contributed by atoms with Crippen molar-refractivity contribution in [2.75, 3.05) is 43.9 Å². The van der Waals surface area contributed by atoms with Crippen molar-refractivity contribution in [2.24, 2.45) is 5.92 Å². The molecule has 0 saturated carbocycles. The second kappa shape index (κ2) is 9.57. The summed E-state index contributed by atoms with van der Waals surface area (Å²) < 4.78 is 24.5. The third kappa shape index (κ3) is 5.79. The smallest absolute Gasteiger partial charge is 0.251 e. The van der Waals surface area contributed by atoms with Crippen molar-refractivity contribution in [3.8, 4) is 0 Å². The molecule has 0 unspecified atom stereocenters. The van der Waals surface area contributed by atoms with Crippen LogP contribution in [0.2, 0.25) is 0 Å². The zero-order valence-corrected chi connectivity index (χ0v) is 17.9. The van der Waals surface area contributed by atoms with Crippen LogP contribution < -0.4 is 15.5 Å². The highest BCUT2D eigenvalue weighted by Gasteiger charge is 2.25. The van der Waals surface area contributed by atoms with Gasteiger partial charge in [0.15, 0.2) is 0 Å². The summed E-state index contributed by atoms with van der Waals surface area (Å²) in [5.74, 6) is -0.326. The summed E-state index contributed by atoms with van der Waals surface area (Å²) in [5.41, 5.74) is 1.19. The van der Waals surface area contributed by atoms with E-state index in [9.17, 15) is 22.8 Å². The summed E-state index contributed by atoms with van der Waals surface area (Å²) in [5, 5.41) is 5.39. The highest BCUT2D eigenvalue weighted by atomic mass is 32.2. The number of carbonyl (C=O) groups excluding carboxylic acids is 3. The van der Waals surface area contributed by atoms with E-state index in [1.807, 2.05) is 0 Å². The van der Waals surface area contributed by atoms with E-state index in [2.05, 4.69) is 10.6 Å². The molecule has 2 heterocycles. The van der Waals surface area contributed by atoms with Crippen LogP contribution in [0.5, 0.6) is 0 Å². The molecule has 2 aliphatic heterocycles. The van der Waals surface area contributed by atoms with Crippen molar-refractivity contribution in [3.05, 3.63) is 29.8 Å². The van der Waals surface area contributed by atoms with Crippen molar-refractivity contribution < 1.29 is 22.8 Å². The van der Waals surface area contributed by atoms with E-state index >= 15 is 0 Å². The fourth-order valence-electron chi connectivity index (χ4n) is 3.74. The molecule has 0 bridgehead atoms. The predicted molar refractivity (Wildman–Crippen MR) is 113 cm³/mol. The number of benzene rings is 1. The van der Waals surface area contributed by atoms with Crippen LogP contribution in [0.25, 0.3) is 0 Å². The second-order valence-corrected chi connectivity index (χ2v) is 9.77. The summed E-state index contributed by atoms with van der Waals surface area (Å²) in [6.45, 7) is 1.96. The average molecular weight is 437 g/mol. The lowest BCUT2D eigenvalue weighted by molar-refractivity contribution is -0.120. The van der Waals surface area contributed by atoms with E-state index < -0.39 is 10.0 Å². The highest BCUT2D eigenvalue weighted by molar-refractivity contribution is 7.88. The number of rotatable bonds is 7. The number of nitrogens with zero attached hydrogens (tertiary/aromatic N) is 2. The van der Waals surface area contributed by atoms with Crippen LogP contribution in [0.15, 0.2) is 24.3 Å². The zero-order valence-electron chi connectivity index (χ0n) is 17.1. The minimum absolute atomic E-state index is 0.0888. The van der Waals surface area contributed by atoms with E-state index in [-0.39, 0.29) is 30.2 Å². The fraction of sp³-hybridized carbons (Fsp3) is 0.550. The molecule has 0 radical (unpaired) electrons. The summed E-state index contributed by atoms with van der Waals surface area (Å²) in [4.78, 5) is 37.8. The van der Waals surface area contributed by atoms with Crippen LogP contribution in [0, 0.1) is 5.92 Å². The number of amides is 3. The van der Waals surface area contributed by atoms with Gasteiger partial charge in [0.1, 0.15) is 0 Å². The van der Waals surface area contributed by atoms with E-state index in [0.29, 0.717) is 51.0 Å². The normalized spacial score (nSPS) is 18.4. The summed E-state index contributed by atoms with van der Waals surface area (Å²) in [6, 6.07) is 6.76. The Labute approximate surface area is 176 Å². The molecule has 0 spiro atoms. The van der Waals surface area contributed by atoms with Gasteiger partial charge in [0.05, 0.1) is 12.8 Å². The van der Waals surface area contributed by atoms with E-state index in [1.54, 1.807) is 29.2 Å². The number of anilines is 1. The molecule has 3 rings (SSSR count). The Bertz CT molecular complexity index is 892. The Hall–Kier alpha value is -2.46. The van der Waals surface area contributed by atoms with E-state index in [1.165, 1.54) is 10.6 Å². The van der Waals surface area contributed by atoms with Gasteiger partial charge in [-0.1, -0.05) is 0 Å². The van der Waals surface area contributed by atoms with Gasteiger partial charge in [0.25, 0.3) is 5.91 Å². The molecule has 164 valence electrons. The molecule has 9 nitrogen and oxygen atoms in total. The van der Waals surface area contributed by atoms with Crippen LogP contribution in [0.3, 0.4) is 0 Å². The van der Waals surface area contributed by atoms with Crippen molar-refractivity contribution in [2.45, 2.75) is 25.7 Å². The average Bonchev–Trinajstić information content (AvgIpc) is 3.16. The lowest BCUT2D eigenvalue weighted by Crippen LogP contribution is -2.43. The molecule has 3 amide bonds. The lowest BCUT2D eigenvalue weighted by Gasteiger charge is -2.30. The Kier molecular flexibility index (Phi) is 7.09. The van der Waals surface area contributed by atoms with E-state index in [0.717, 1.165) is 12.1 Å². The maximum absolute atomic E-state index is 12.2. The van der Waals surface area contributed by atoms with Crippen LogP contribution in [-0.4, -0.2) is 69.4 Å². The first-order chi connectivity index (χ1) is 14.2. The molecule has 2 fully saturated rings. The molecule has 2 aliphatic rings. The number of nitrogens with one attached hydrogen (secondary N) is 2. The van der Waals surface area contributed by atoms with Crippen LogP contribution in [0.4, 0.5) is 5.69 Å². The number of sulfonamides is 1. The van der Waals surface area contributed by atoms with Gasteiger partial charge in [-0.15, -0.1) is 0 Å². The van der Waals surface area contributed by atoms with Gasteiger partial charge >= 0.3 is 0 Å². The molecule has 1 aromatic rings. The van der Waals surface area contributed by atoms with Crippen molar-refractivity contribution in [1.82, 2.24) is 14.9 Å². The number of carbonyl (C=O) groups is 3. The van der Waals surface area contributed by atoms with Crippen molar-refractivity contribution in [1.29, 1.82) is 0 Å². The molecule has 2 N–H and O–H groups in total. The van der Waals surface area contributed by atoms with Gasteiger partial charge in [0, 0.05) is 43.9 Å². The number of hydrogen-bond acceptors (Lipinski definition) is 5. The van der Waals surface area contributed by atoms with Gasteiger partial charge in [0.2, 0.25) is 21.8 Å². The largest absolute Gasteiger partial charge is 0.354 e. The molecule has 2 saturated heterocycles. The van der Waals surface area contributed by atoms with Gasteiger partial charge in [-0.2, -0.15) is 0 Å². The van der Waals surface area contributed by atoms with Crippen LogP contribution >= 0.6 is 0 Å². The van der Waals surface area contributed by atoms with E-state index in [4.69, 9.17) is 0 Å². The molecule has 30 heavy (non-hydrogen) atoms. The third-order valence-electron chi connectivity index (χ3n) is 5.55.